The van der Waals surface area contributed by atoms with Crippen LogP contribution in [0.3, 0.4) is 0 Å². The molecule has 2 aromatic carbocycles. The summed E-state index contributed by atoms with van der Waals surface area (Å²) < 4.78 is 44.8. The normalized spacial score (nSPS) is 19.8. The largest absolute Gasteiger partial charge is 0.417 e. The average molecular weight is 454 g/mol. The maximum Gasteiger partial charge on any atom is 0.417 e. The van der Waals surface area contributed by atoms with Crippen LogP contribution in [0.5, 0.6) is 0 Å². The van der Waals surface area contributed by atoms with E-state index in [0.717, 1.165) is 35.8 Å². The Morgan fingerprint density at radius 2 is 1.65 bits per heavy atom. The predicted molar refractivity (Wildman–Crippen MR) is 110 cm³/mol. The Hall–Kier alpha value is -2.78. The number of hydrogen-bond donors (Lipinski definition) is 1. The van der Waals surface area contributed by atoms with Crippen molar-refractivity contribution in [3.8, 4) is 0 Å². The number of alkyl halides is 3. The third kappa shape index (κ3) is 4.47. The molecule has 10 heteroatoms. The molecule has 0 aliphatic carbocycles. The zero-order chi connectivity index (χ0) is 22.2. The predicted octanol–water partition coefficient (Wildman–Crippen LogP) is 3.94. The Morgan fingerprint density at radius 3 is 2.29 bits per heavy atom. The lowest BCUT2D eigenvalue weighted by molar-refractivity contribution is -0.137. The number of ether oxygens (including phenoxy) is 1. The van der Waals surface area contributed by atoms with Gasteiger partial charge in [0, 0.05) is 24.5 Å². The van der Waals surface area contributed by atoms with Crippen molar-refractivity contribution in [3.63, 3.8) is 0 Å². The molecule has 2 fully saturated rings. The number of rotatable bonds is 4. The molecule has 6 nitrogen and oxygen atoms in total. The van der Waals surface area contributed by atoms with Crippen LogP contribution in [0.1, 0.15) is 12.0 Å². The standard InChI is InChI=1S/C21H19ClF3N3O3/c22-17-6-5-15(11-16(17)21(23,24)25)28-19(29)12-18(20(28)30)26-13-1-3-14(4-2-13)27-7-9-31-10-8-27/h1-6,11,18,26H,7-10,12H2/t18-/m0/s1. The quantitative estimate of drug-likeness (QED) is 0.711. The Labute approximate surface area is 181 Å². The molecule has 4 rings (SSSR count). The second kappa shape index (κ2) is 8.39. The van der Waals surface area contributed by atoms with Gasteiger partial charge < -0.3 is 15.0 Å². The molecule has 2 aromatic rings. The number of carbonyl (C=O) groups excluding carboxylic acids is 2. The number of nitrogens with zero attached hydrogens (tertiary/aromatic N) is 2. The second-order valence-electron chi connectivity index (χ2n) is 7.28. The van der Waals surface area contributed by atoms with Gasteiger partial charge in [-0.25, -0.2) is 4.90 Å². The molecular formula is C21H19ClF3N3O3. The Morgan fingerprint density at radius 1 is 1.00 bits per heavy atom. The first-order valence-corrected chi connectivity index (χ1v) is 10.0. The van der Waals surface area contributed by atoms with Crippen LogP contribution in [0.15, 0.2) is 42.5 Å². The number of carbonyl (C=O) groups is 2. The van der Waals surface area contributed by atoms with Gasteiger partial charge >= 0.3 is 6.18 Å². The minimum absolute atomic E-state index is 0.154. The fraction of sp³-hybridized carbons (Fsp3) is 0.333. The highest BCUT2D eigenvalue weighted by atomic mass is 35.5. The van der Waals surface area contributed by atoms with E-state index in [2.05, 4.69) is 10.2 Å². The molecular weight excluding hydrogens is 435 g/mol. The first kappa shape index (κ1) is 21.5. The molecule has 2 heterocycles. The molecule has 2 amide bonds. The molecule has 1 N–H and O–H groups in total. The molecule has 0 aromatic heterocycles. The van der Waals surface area contributed by atoms with E-state index in [1.54, 1.807) is 12.1 Å². The number of halogens is 4. The van der Waals surface area contributed by atoms with E-state index in [4.69, 9.17) is 16.3 Å². The van der Waals surface area contributed by atoms with Crippen molar-refractivity contribution in [2.75, 3.05) is 41.4 Å². The molecule has 1 atom stereocenters. The van der Waals surface area contributed by atoms with Gasteiger partial charge in [0.05, 0.1) is 35.9 Å². The second-order valence-corrected chi connectivity index (χ2v) is 7.68. The summed E-state index contributed by atoms with van der Waals surface area (Å²) in [6.45, 7) is 2.90. The first-order chi connectivity index (χ1) is 14.7. The lowest BCUT2D eigenvalue weighted by Crippen LogP contribution is -2.36. The van der Waals surface area contributed by atoms with E-state index >= 15 is 0 Å². The number of morpholine rings is 1. The van der Waals surface area contributed by atoms with Gasteiger partial charge in [-0.05, 0) is 42.5 Å². The van der Waals surface area contributed by atoms with Crippen molar-refractivity contribution in [1.29, 1.82) is 0 Å². The van der Waals surface area contributed by atoms with Crippen LogP contribution in [0.4, 0.5) is 30.2 Å². The number of benzene rings is 2. The smallest absolute Gasteiger partial charge is 0.378 e. The molecule has 0 bridgehead atoms. The molecule has 31 heavy (non-hydrogen) atoms. The molecule has 164 valence electrons. The van der Waals surface area contributed by atoms with Crippen molar-refractivity contribution >= 4 is 40.5 Å². The molecule has 2 aliphatic rings. The van der Waals surface area contributed by atoms with Gasteiger partial charge in [0.15, 0.2) is 0 Å². The number of imide groups is 1. The molecule has 0 radical (unpaired) electrons. The van der Waals surface area contributed by atoms with Crippen LogP contribution >= 0.6 is 11.6 Å². The van der Waals surface area contributed by atoms with Gasteiger partial charge in [-0.2, -0.15) is 13.2 Å². The van der Waals surface area contributed by atoms with Gasteiger partial charge in [0.1, 0.15) is 6.04 Å². The summed E-state index contributed by atoms with van der Waals surface area (Å²) in [5, 5.41) is 2.51. The highest BCUT2D eigenvalue weighted by Gasteiger charge is 2.41. The van der Waals surface area contributed by atoms with E-state index < -0.39 is 34.6 Å². The zero-order valence-electron chi connectivity index (χ0n) is 16.3. The number of anilines is 3. The van der Waals surface area contributed by atoms with Crippen molar-refractivity contribution < 1.29 is 27.5 Å². The average Bonchev–Trinajstić information content (AvgIpc) is 3.02. The molecule has 0 unspecified atom stereocenters. The summed E-state index contributed by atoms with van der Waals surface area (Å²) >= 11 is 5.63. The molecule has 2 aliphatic heterocycles. The van der Waals surface area contributed by atoms with Gasteiger partial charge in [-0.15, -0.1) is 0 Å². The van der Waals surface area contributed by atoms with Gasteiger partial charge in [-0.3, -0.25) is 9.59 Å². The summed E-state index contributed by atoms with van der Waals surface area (Å²) in [4.78, 5) is 28.2. The third-order valence-corrected chi connectivity index (χ3v) is 5.57. The SMILES string of the molecule is O=C1C[C@H](Nc2ccc(N3CCOCC3)cc2)C(=O)N1c1ccc(Cl)c(C(F)(F)F)c1. The van der Waals surface area contributed by atoms with E-state index in [9.17, 15) is 22.8 Å². The number of nitrogens with one attached hydrogen (secondary N) is 1. The van der Waals surface area contributed by atoms with Gasteiger partial charge in [0.2, 0.25) is 5.91 Å². The lowest BCUT2D eigenvalue weighted by Gasteiger charge is -2.29. The van der Waals surface area contributed by atoms with Crippen molar-refractivity contribution in [2.45, 2.75) is 18.6 Å². The monoisotopic (exact) mass is 453 g/mol. The highest BCUT2D eigenvalue weighted by Crippen LogP contribution is 2.38. The fourth-order valence-electron chi connectivity index (χ4n) is 3.68. The van der Waals surface area contributed by atoms with Crippen molar-refractivity contribution in [2.24, 2.45) is 0 Å². The molecule has 2 saturated heterocycles. The maximum absolute atomic E-state index is 13.1. The summed E-state index contributed by atoms with van der Waals surface area (Å²) in [5.74, 6) is -1.19. The van der Waals surface area contributed by atoms with E-state index in [-0.39, 0.29) is 12.1 Å². The summed E-state index contributed by atoms with van der Waals surface area (Å²) in [6, 6.07) is 9.52. The summed E-state index contributed by atoms with van der Waals surface area (Å²) in [6.07, 6.45) is -4.85. The summed E-state index contributed by atoms with van der Waals surface area (Å²) in [5.41, 5.74) is 0.406. The van der Waals surface area contributed by atoms with Crippen LogP contribution < -0.4 is 15.1 Å². The van der Waals surface area contributed by atoms with Crippen molar-refractivity contribution in [1.82, 2.24) is 0 Å². The number of amides is 2. The van der Waals surface area contributed by atoms with E-state index in [1.807, 2.05) is 12.1 Å². The summed E-state index contributed by atoms with van der Waals surface area (Å²) in [7, 11) is 0. The Bertz CT molecular complexity index is 992. The topological polar surface area (TPSA) is 61.9 Å². The van der Waals surface area contributed by atoms with Gasteiger partial charge in [0.25, 0.3) is 5.91 Å². The Kier molecular flexibility index (Phi) is 5.81. The fourth-order valence-corrected chi connectivity index (χ4v) is 3.90. The zero-order valence-corrected chi connectivity index (χ0v) is 17.0. The van der Waals surface area contributed by atoms with E-state index in [0.29, 0.717) is 18.9 Å². The van der Waals surface area contributed by atoms with Crippen LogP contribution in [0.2, 0.25) is 5.02 Å². The molecule has 0 saturated carbocycles. The van der Waals surface area contributed by atoms with Crippen LogP contribution in [-0.4, -0.2) is 44.2 Å². The Balaban J connectivity index is 1.49. The third-order valence-electron chi connectivity index (χ3n) is 5.24. The highest BCUT2D eigenvalue weighted by molar-refractivity contribution is 6.31. The van der Waals surface area contributed by atoms with Crippen LogP contribution in [-0.2, 0) is 20.5 Å². The van der Waals surface area contributed by atoms with Crippen LogP contribution in [0.25, 0.3) is 0 Å². The minimum atomic E-state index is -4.70. The lowest BCUT2D eigenvalue weighted by atomic mass is 10.1. The van der Waals surface area contributed by atoms with Crippen molar-refractivity contribution in [3.05, 3.63) is 53.1 Å². The number of hydrogen-bond acceptors (Lipinski definition) is 5. The molecule has 0 spiro atoms. The first-order valence-electron chi connectivity index (χ1n) is 9.67. The minimum Gasteiger partial charge on any atom is -0.378 e. The maximum atomic E-state index is 13.1. The van der Waals surface area contributed by atoms with E-state index in [1.165, 1.54) is 6.07 Å². The van der Waals surface area contributed by atoms with Gasteiger partial charge in [-0.1, -0.05) is 11.6 Å². The van der Waals surface area contributed by atoms with Crippen LogP contribution in [0, 0.1) is 0 Å².